The van der Waals surface area contributed by atoms with Gasteiger partial charge in [0, 0.05) is 12.1 Å². The van der Waals surface area contributed by atoms with Crippen molar-refractivity contribution in [2.24, 2.45) is 0 Å². The summed E-state index contributed by atoms with van der Waals surface area (Å²) in [6.07, 6.45) is 11.1. The second kappa shape index (κ2) is 10.7. The van der Waals surface area contributed by atoms with E-state index in [2.05, 4.69) is 6.92 Å². The van der Waals surface area contributed by atoms with Crippen LogP contribution in [-0.4, -0.2) is 16.8 Å². The van der Waals surface area contributed by atoms with Crippen molar-refractivity contribution in [2.75, 3.05) is 6.61 Å². The molecule has 30 heavy (non-hydrogen) atoms. The van der Waals surface area contributed by atoms with Gasteiger partial charge >= 0.3 is 0 Å². The van der Waals surface area contributed by atoms with E-state index in [1.165, 1.54) is 63.0 Å². The monoisotopic (exact) mass is 410 g/mol. The molecule has 5 nitrogen and oxygen atoms in total. The van der Waals surface area contributed by atoms with Crippen LogP contribution < -0.4 is 10.2 Å². The maximum Gasteiger partial charge on any atom is 0.204 e. The van der Waals surface area contributed by atoms with Gasteiger partial charge < -0.3 is 19.4 Å². The van der Waals surface area contributed by atoms with Crippen LogP contribution in [-0.2, 0) is 0 Å². The summed E-state index contributed by atoms with van der Waals surface area (Å²) in [6.45, 7) is 2.79. The third kappa shape index (κ3) is 5.56. The van der Waals surface area contributed by atoms with E-state index in [0.29, 0.717) is 23.5 Å². The highest BCUT2D eigenvalue weighted by molar-refractivity contribution is 5.88. The second-order valence-electron chi connectivity index (χ2n) is 7.66. The molecule has 5 heteroatoms. The first-order valence-electron chi connectivity index (χ1n) is 10.8. The molecule has 0 spiro atoms. The van der Waals surface area contributed by atoms with E-state index in [1.54, 1.807) is 18.2 Å². The van der Waals surface area contributed by atoms with Crippen LogP contribution in [0.1, 0.15) is 58.3 Å². The fourth-order valence-corrected chi connectivity index (χ4v) is 3.56. The molecule has 0 saturated heterocycles. The SMILES string of the molecule is CCCCCCCCCCOc1cc(O)c2c(=O)c(-c3ccc(O)cc3)coc2c1. The third-order valence-corrected chi connectivity index (χ3v) is 5.28. The summed E-state index contributed by atoms with van der Waals surface area (Å²) >= 11 is 0. The summed E-state index contributed by atoms with van der Waals surface area (Å²) < 4.78 is 11.4. The maximum absolute atomic E-state index is 12.8. The molecule has 0 amide bonds. The molecule has 0 saturated carbocycles. The van der Waals surface area contributed by atoms with Gasteiger partial charge in [0.25, 0.3) is 0 Å². The van der Waals surface area contributed by atoms with E-state index in [-0.39, 0.29) is 27.9 Å². The van der Waals surface area contributed by atoms with Gasteiger partial charge in [-0.2, -0.15) is 0 Å². The maximum atomic E-state index is 12.8. The fraction of sp³-hybridized carbons (Fsp3) is 0.400. The van der Waals surface area contributed by atoms with Crippen molar-refractivity contribution in [3.63, 3.8) is 0 Å². The number of phenolic OH excluding ortho intramolecular Hbond substituents is 2. The number of hydrogen-bond acceptors (Lipinski definition) is 5. The van der Waals surface area contributed by atoms with Gasteiger partial charge in [-0.05, 0) is 24.1 Å². The Labute approximate surface area is 176 Å². The summed E-state index contributed by atoms with van der Waals surface area (Å²) in [5.41, 5.74) is 0.894. The summed E-state index contributed by atoms with van der Waals surface area (Å²) in [4.78, 5) is 12.8. The predicted octanol–water partition coefficient (Wildman–Crippen LogP) is 6.39. The lowest BCUT2D eigenvalue weighted by Crippen LogP contribution is -2.05. The number of benzene rings is 2. The second-order valence-corrected chi connectivity index (χ2v) is 7.66. The molecule has 1 heterocycles. The number of aromatic hydroxyl groups is 2. The average Bonchev–Trinajstić information content (AvgIpc) is 2.73. The molecular formula is C25H30O5. The van der Waals surface area contributed by atoms with Crippen molar-refractivity contribution in [1.29, 1.82) is 0 Å². The first-order chi connectivity index (χ1) is 14.6. The van der Waals surface area contributed by atoms with Crippen LogP contribution in [0.25, 0.3) is 22.1 Å². The fourth-order valence-electron chi connectivity index (χ4n) is 3.56. The zero-order valence-corrected chi connectivity index (χ0v) is 17.5. The third-order valence-electron chi connectivity index (χ3n) is 5.28. The largest absolute Gasteiger partial charge is 0.508 e. The molecule has 160 valence electrons. The summed E-state index contributed by atoms with van der Waals surface area (Å²) in [5, 5.41) is 20.0. The Bertz CT molecular complexity index is 1000. The first-order valence-corrected chi connectivity index (χ1v) is 10.8. The molecule has 0 unspecified atom stereocenters. The van der Waals surface area contributed by atoms with Crippen molar-refractivity contribution >= 4 is 11.0 Å². The normalized spacial score (nSPS) is 11.1. The highest BCUT2D eigenvalue weighted by Gasteiger charge is 2.14. The molecule has 0 fully saturated rings. The van der Waals surface area contributed by atoms with Gasteiger partial charge in [0.1, 0.15) is 34.5 Å². The Hall–Kier alpha value is -2.95. The van der Waals surface area contributed by atoms with E-state index in [4.69, 9.17) is 9.15 Å². The van der Waals surface area contributed by atoms with Crippen molar-refractivity contribution < 1.29 is 19.4 Å². The number of rotatable bonds is 11. The first kappa shape index (κ1) is 21.8. The number of hydrogen-bond donors (Lipinski definition) is 2. The van der Waals surface area contributed by atoms with E-state index in [9.17, 15) is 15.0 Å². The molecule has 3 rings (SSSR count). The van der Waals surface area contributed by atoms with Crippen molar-refractivity contribution in [3.05, 3.63) is 52.9 Å². The molecule has 3 aromatic rings. The van der Waals surface area contributed by atoms with Gasteiger partial charge in [-0.3, -0.25) is 4.79 Å². The molecule has 0 aliphatic carbocycles. The van der Waals surface area contributed by atoms with Gasteiger partial charge in [-0.1, -0.05) is 64.0 Å². The molecule has 0 aliphatic rings. The molecule has 0 aliphatic heterocycles. The van der Waals surface area contributed by atoms with Crippen LogP contribution in [0.2, 0.25) is 0 Å². The van der Waals surface area contributed by atoms with Gasteiger partial charge in [0.15, 0.2) is 0 Å². The quantitative estimate of drug-likeness (QED) is 0.358. The number of ether oxygens (including phenoxy) is 1. The van der Waals surface area contributed by atoms with Crippen LogP contribution in [0.15, 0.2) is 51.9 Å². The Balaban J connectivity index is 1.61. The molecule has 0 radical (unpaired) electrons. The van der Waals surface area contributed by atoms with Crippen LogP contribution in [0.3, 0.4) is 0 Å². The average molecular weight is 411 g/mol. The Morgan fingerprint density at radius 1 is 0.900 bits per heavy atom. The van der Waals surface area contributed by atoms with Crippen molar-refractivity contribution in [2.45, 2.75) is 58.3 Å². The lowest BCUT2D eigenvalue weighted by Gasteiger charge is -2.09. The van der Waals surface area contributed by atoms with E-state index < -0.39 is 0 Å². The van der Waals surface area contributed by atoms with Crippen LogP contribution in [0.5, 0.6) is 17.2 Å². The zero-order valence-electron chi connectivity index (χ0n) is 17.5. The lowest BCUT2D eigenvalue weighted by atomic mass is 10.0. The van der Waals surface area contributed by atoms with Gasteiger partial charge in [-0.25, -0.2) is 0 Å². The predicted molar refractivity (Wildman–Crippen MR) is 119 cm³/mol. The Morgan fingerprint density at radius 3 is 2.27 bits per heavy atom. The standard InChI is InChI=1S/C25H30O5/c1-2-3-4-5-6-7-8-9-14-29-20-15-22(27)24-23(16-20)30-17-21(25(24)28)18-10-12-19(26)13-11-18/h10-13,15-17,26-27H,2-9,14H2,1H3. The zero-order chi connectivity index (χ0) is 21.3. The minimum atomic E-state index is -0.325. The number of unbranched alkanes of at least 4 members (excludes halogenated alkanes) is 7. The summed E-state index contributed by atoms with van der Waals surface area (Å²) in [7, 11) is 0. The summed E-state index contributed by atoms with van der Waals surface area (Å²) in [6, 6.07) is 9.37. The summed E-state index contributed by atoms with van der Waals surface area (Å²) in [5.74, 6) is 0.446. The van der Waals surface area contributed by atoms with E-state index in [1.807, 2.05) is 0 Å². The number of fused-ring (bicyclic) bond motifs is 1. The van der Waals surface area contributed by atoms with Gasteiger partial charge in [-0.15, -0.1) is 0 Å². The smallest absolute Gasteiger partial charge is 0.204 e. The van der Waals surface area contributed by atoms with Crippen LogP contribution in [0.4, 0.5) is 0 Å². The van der Waals surface area contributed by atoms with Crippen LogP contribution in [0, 0.1) is 0 Å². The molecule has 2 N–H and O–H groups in total. The topological polar surface area (TPSA) is 79.9 Å². The van der Waals surface area contributed by atoms with Gasteiger partial charge in [0.2, 0.25) is 5.43 Å². The molecule has 0 bridgehead atoms. The molecular weight excluding hydrogens is 380 g/mol. The van der Waals surface area contributed by atoms with Crippen LogP contribution >= 0.6 is 0 Å². The highest BCUT2D eigenvalue weighted by Crippen LogP contribution is 2.30. The highest BCUT2D eigenvalue weighted by atomic mass is 16.5. The lowest BCUT2D eigenvalue weighted by molar-refractivity contribution is 0.302. The minimum Gasteiger partial charge on any atom is -0.508 e. The van der Waals surface area contributed by atoms with E-state index in [0.717, 1.165) is 12.8 Å². The number of phenols is 2. The molecule has 2 aromatic carbocycles. The van der Waals surface area contributed by atoms with Crippen molar-refractivity contribution in [3.8, 4) is 28.4 Å². The molecule has 0 atom stereocenters. The Morgan fingerprint density at radius 2 is 1.57 bits per heavy atom. The minimum absolute atomic E-state index is 0.116. The van der Waals surface area contributed by atoms with E-state index >= 15 is 0 Å². The Kier molecular flexibility index (Phi) is 7.77. The van der Waals surface area contributed by atoms with Crippen molar-refractivity contribution in [1.82, 2.24) is 0 Å². The van der Waals surface area contributed by atoms with Gasteiger partial charge in [0.05, 0.1) is 12.2 Å². The molecule has 1 aromatic heterocycles.